The van der Waals surface area contributed by atoms with Crippen LogP contribution in [0.15, 0.2) is 24.3 Å². The zero-order chi connectivity index (χ0) is 14.5. The summed E-state index contributed by atoms with van der Waals surface area (Å²) in [4.78, 5) is 2.45. The molecular weight excluding hydrogens is 246 g/mol. The van der Waals surface area contributed by atoms with Crippen LogP contribution in [0.5, 0.6) is 0 Å². The molecule has 0 aliphatic heterocycles. The third-order valence-corrected chi connectivity index (χ3v) is 4.30. The maximum Gasteiger partial charge on any atom is 0.0483 e. The van der Waals surface area contributed by atoms with Gasteiger partial charge < -0.3 is 14.8 Å². The SMILES string of the molecule is CCN(CC)CCNCc1c(C)c2ccccc2n1C. The van der Waals surface area contributed by atoms with Crippen molar-refractivity contribution in [2.75, 3.05) is 26.2 Å². The lowest BCUT2D eigenvalue weighted by Gasteiger charge is -2.18. The van der Waals surface area contributed by atoms with Gasteiger partial charge in [0.1, 0.15) is 0 Å². The highest BCUT2D eigenvalue weighted by Crippen LogP contribution is 2.24. The molecule has 0 unspecified atom stereocenters. The number of aromatic nitrogens is 1. The molecular formula is C17H27N3. The highest BCUT2D eigenvalue weighted by molar-refractivity contribution is 5.85. The van der Waals surface area contributed by atoms with E-state index in [0.717, 1.165) is 32.7 Å². The smallest absolute Gasteiger partial charge is 0.0483 e. The Labute approximate surface area is 122 Å². The van der Waals surface area contributed by atoms with Crippen LogP contribution in [0.25, 0.3) is 10.9 Å². The van der Waals surface area contributed by atoms with Gasteiger partial charge in [-0.3, -0.25) is 0 Å². The topological polar surface area (TPSA) is 20.2 Å². The predicted octanol–water partition coefficient (Wildman–Crippen LogP) is 2.92. The van der Waals surface area contributed by atoms with E-state index in [1.54, 1.807) is 0 Å². The van der Waals surface area contributed by atoms with Gasteiger partial charge >= 0.3 is 0 Å². The number of rotatable bonds is 7. The van der Waals surface area contributed by atoms with E-state index in [1.165, 1.54) is 22.2 Å². The highest BCUT2D eigenvalue weighted by atomic mass is 15.1. The Bertz CT molecular complexity index is 514. The standard InChI is InChI=1S/C17H27N3/c1-5-20(6-2)12-11-18-13-17-14(3)15-9-7-8-10-16(15)19(17)4/h7-10,18H,5-6,11-13H2,1-4H3. The molecule has 0 atom stereocenters. The fourth-order valence-corrected chi connectivity index (χ4v) is 2.87. The number of fused-ring (bicyclic) bond motifs is 1. The predicted molar refractivity (Wildman–Crippen MR) is 87.2 cm³/mol. The average Bonchev–Trinajstić information content (AvgIpc) is 2.72. The molecule has 1 aromatic heterocycles. The van der Waals surface area contributed by atoms with Crippen molar-refractivity contribution in [2.24, 2.45) is 7.05 Å². The molecule has 0 saturated heterocycles. The summed E-state index contributed by atoms with van der Waals surface area (Å²) >= 11 is 0. The minimum absolute atomic E-state index is 0.943. The number of hydrogen-bond donors (Lipinski definition) is 1. The largest absolute Gasteiger partial charge is 0.346 e. The number of benzene rings is 1. The van der Waals surface area contributed by atoms with E-state index < -0.39 is 0 Å². The molecule has 3 heteroatoms. The van der Waals surface area contributed by atoms with Crippen LogP contribution in [0, 0.1) is 6.92 Å². The van der Waals surface area contributed by atoms with Crippen LogP contribution in [0.3, 0.4) is 0 Å². The average molecular weight is 273 g/mol. The summed E-state index contributed by atoms with van der Waals surface area (Å²) in [6.07, 6.45) is 0. The maximum atomic E-state index is 3.58. The van der Waals surface area contributed by atoms with Gasteiger partial charge in [-0.25, -0.2) is 0 Å². The van der Waals surface area contributed by atoms with Crippen LogP contribution in [0.2, 0.25) is 0 Å². The van der Waals surface area contributed by atoms with Gasteiger partial charge in [-0.1, -0.05) is 32.0 Å². The molecule has 0 saturated carbocycles. The van der Waals surface area contributed by atoms with Gasteiger partial charge in [-0.2, -0.15) is 0 Å². The van der Waals surface area contributed by atoms with Crippen LogP contribution in [0.4, 0.5) is 0 Å². The van der Waals surface area contributed by atoms with Gasteiger partial charge in [0, 0.05) is 43.3 Å². The van der Waals surface area contributed by atoms with Crippen molar-refractivity contribution in [3.05, 3.63) is 35.5 Å². The Morgan fingerprint density at radius 1 is 1.15 bits per heavy atom. The number of nitrogens with zero attached hydrogens (tertiary/aromatic N) is 2. The Balaban J connectivity index is 2.00. The highest BCUT2D eigenvalue weighted by Gasteiger charge is 2.10. The monoisotopic (exact) mass is 273 g/mol. The fraction of sp³-hybridized carbons (Fsp3) is 0.529. The first-order chi connectivity index (χ1) is 9.69. The molecule has 0 radical (unpaired) electrons. The first-order valence-corrected chi connectivity index (χ1v) is 7.65. The van der Waals surface area contributed by atoms with Gasteiger partial charge in [-0.05, 0) is 31.6 Å². The van der Waals surface area contributed by atoms with Gasteiger partial charge in [0.15, 0.2) is 0 Å². The fourth-order valence-electron chi connectivity index (χ4n) is 2.87. The number of likely N-dealkylation sites (N-methyl/N-ethyl adjacent to an activating group) is 1. The number of hydrogen-bond acceptors (Lipinski definition) is 2. The number of aryl methyl sites for hydroxylation is 2. The molecule has 2 rings (SSSR count). The second kappa shape index (κ2) is 6.91. The third-order valence-electron chi connectivity index (χ3n) is 4.30. The van der Waals surface area contributed by atoms with Gasteiger partial charge in [0.2, 0.25) is 0 Å². The molecule has 0 aliphatic rings. The van der Waals surface area contributed by atoms with Crippen LogP contribution >= 0.6 is 0 Å². The summed E-state index contributed by atoms with van der Waals surface area (Å²) in [5.74, 6) is 0. The van der Waals surface area contributed by atoms with Crippen molar-refractivity contribution in [3.8, 4) is 0 Å². The molecule has 3 nitrogen and oxygen atoms in total. The lowest BCUT2D eigenvalue weighted by Crippen LogP contribution is -2.32. The summed E-state index contributed by atoms with van der Waals surface area (Å²) in [7, 11) is 2.16. The Kier molecular flexibility index (Phi) is 5.21. The van der Waals surface area contributed by atoms with Crippen LogP contribution in [0.1, 0.15) is 25.1 Å². The van der Waals surface area contributed by atoms with Gasteiger partial charge in [0.05, 0.1) is 0 Å². The van der Waals surface area contributed by atoms with Crippen molar-refractivity contribution in [1.29, 1.82) is 0 Å². The van der Waals surface area contributed by atoms with Crippen molar-refractivity contribution in [2.45, 2.75) is 27.3 Å². The lowest BCUT2D eigenvalue weighted by atomic mass is 10.1. The molecule has 0 bridgehead atoms. The molecule has 0 spiro atoms. The molecule has 110 valence electrons. The van der Waals surface area contributed by atoms with Gasteiger partial charge in [0.25, 0.3) is 0 Å². The lowest BCUT2D eigenvalue weighted by molar-refractivity contribution is 0.302. The number of nitrogens with one attached hydrogen (secondary N) is 1. The Hall–Kier alpha value is -1.32. The Morgan fingerprint density at radius 2 is 1.85 bits per heavy atom. The molecule has 1 aromatic carbocycles. The van der Waals surface area contributed by atoms with Crippen molar-refractivity contribution in [3.63, 3.8) is 0 Å². The molecule has 20 heavy (non-hydrogen) atoms. The quantitative estimate of drug-likeness (QED) is 0.783. The van der Waals surface area contributed by atoms with E-state index in [0.29, 0.717) is 0 Å². The van der Waals surface area contributed by atoms with Gasteiger partial charge in [-0.15, -0.1) is 0 Å². The molecule has 0 fully saturated rings. The second-order valence-electron chi connectivity index (χ2n) is 5.35. The van der Waals surface area contributed by atoms with Crippen LogP contribution in [-0.2, 0) is 13.6 Å². The summed E-state index contributed by atoms with van der Waals surface area (Å²) in [5.41, 5.74) is 4.12. The number of para-hydroxylation sites is 1. The van der Waals surface area contributed by atoms with E-state index in [4.69, 9.17) is 0 Å². The van der Waals surface area contributed by atoms with Crippen LogP contribution < -0.4 is 5.32 Å². The Morgan fingerprint density at radius 3 is 2.50 bits per heavy atom. The van der Waals surface area contributed by atoms with Crippen molar-refractivity contribution >= 4 is 10.9 Å². The molecule has 1 heterocycles. The third kappa shape index (κ3) is 3.05. The molecule has 1 N–H and O–H groups in total. The normalized spacial score (nSPS) is 11.7. The zero-order valence-electron chi connectivity index (χ0n) is 13.2. The zero-order valence-corrected chi connectivity index (χ0v) is 13.2. The van der Waals surface area contributed by atoms with Crippen molar-refractivity contribution in [1.82, 2.24) is 14.8 Å². The van der Waals surface area contributed by atoms with E-state index >= 15 is 0 Å². The first-order valence-electron chi connectivity index (χ1n) is 7.65. The van der Waals surface area contributed by atoms with E-state index in [9.17, 15) is 0 Å². The molecule has 2 aromatic rings. The summed E-state index contributed by atoms with van der Waals surface area (Å²) < 4.78 is 2.31. The first kappa shape index (κ1) is 15.1. The van der Waals surface area contributed by atoms with E-state index in [1.807, 2.05) is 0 Å². The summed E-state index contributed by atoms with van der Waals surface area (Å²) in [6, 6.07) is 8.64. The maximum absolute atomic E-state index is 3.58. The summed E-state index contributed by atoms with van der Waals surface area (Å²) in [5, 5.41) is 4.95. The summed E-state index contributed by atoms with van der Waals surface area (Å²) in [6.45, 7) is 12.0. The van der Waals surface area contributed by atoms with E-state index in [-0.39, 0.29) is 0 Å². The van der Waals surface area contributed by atoms with E-state index in [2.05, 4.69) is 66.9 Å². The minimum Gasteiger partial charge on any atom is -0.346 e. The molecule has 0 aliphatic carbocycles. The minimum atomic E-state index is 0.943. The molecule has 0 amide bonds. The van der Waals surface area contributed by atoms with Crippen LogP contribution in [-0.4, -0.2) is 35.6 Å². The van der Waals surface area contributed by atoms with Crippen molar-refractivity contribution < 1.29 is 0 Å². The second-order valence-corrected chi connectivity index (χ2v) is 5.35.